The summed E-state index contributed by atoms with van der Waals surface area (Å²) in [7, 11) is 0. The minimum absolute atomic E-state index is 0.254. The second-order valence-electron chi connectivity index (χ2n) is 14.2. The molecule has 12 heteroatoms. The highest BCUT2D eigenvalue weighted by atomic mass is 32.1. The number of nitrogens with two attached hydrogens (primary N) is 2. The smallest absolute Gasteiger partial charge is 0.410 e. The lowest BCUT2D eigenvalue weighted by atomic mass is 10.0. The normalized spacial score (nSPS) is 14.6. The number of amides is 1. The number of aryl methyl sites for hydroxylation is 2. The number of fused-ring (bicyclic) bond motifs is 2. The van der Waals surface area contributed by atoms with Crippen LogP contribution in [0.5, 0.6) is 0 Å². The highest BCUT2D eigenvalue weighted by Crippen LogP contribution is 2.32. The molecule has 0 atom stereocenters. The maximum absolute atomic E-state index is 12.4. The monoisotopic (exact) mass is 756 g/mol. The van der Waals surface area contributed by atoms with E-state index in [1.165, 1.54) is 28.9 Å². The summed E-state index contributed by atoms with van der Waals surface area (Å²) in [5, 5.41) is 7.42. The number of carbonyl (C=O) groups is 1. The van der Waals surface area contributed by atoms with Crippen LogP contribution in [0.25, 0.3) is 0 Å². The van der Waals surface area contributed by atoms with E-state index in [0.717, 1.165) is 79.7 Å². The van der Waals surface area contributed by atoms with Gasteiger partial charge in [-0.05, 0) is 130 Å². The van der Waals surface area contributed by atoms with Gasteiger partial charge in [-0.25, -0.2) is 14.8 Å². The summed E-state index contributed by atoms with van der Waals surface area (Å²) in [5.74, 6) is 1.15. The van der Waals surface area contributed by atoms with Crippen molar-refractivity contribution in [1.82, 2.24) is 10.2 Å². The Balaban J connectivity index is 0.000000211. The molecule has 6 rings (SSSR count). The zero-order valence-electron chi connectivity index (χ0n) is 31.9. The van der Waals surface area contributed by atoms with Crippen LogP contribution in [-0.2, 0) is 17.6 Å². The molecule has 2 aliphatic heterocycles. The van der Waals surface area contributed by atoms with Crippen LogP contribution in [0.1, 0.15) is 68.3 Å². The van der Waals surface area contributed by atoms with Crippen LogP contribution in [-0.4, -0.2) is 80.6 Å². The maximum atomic E-state index is 12.4. The Hall–Kier alpha value is -4.39. The van der Waals surface area contributed by atoms with Gasteiger partial charge in [0.1, 0.15) is 17.3 Å². The van der Waals surface area contributed by atoms with Crippen LogP contribution in [0.3, 0.4) is 0 Å². The largest absolute Gasteiger partial charge is 0.444 e. The number of aliphatic imine (C=N–C) groups is 2. The van der Waals surface area contributed by atoms with E-state index in [0.29, 0.717) is 24.8 Å². The van der Waals surface area contributed by atoms with E-state index in [1.807, 2.05) is 68.8 Å². The van der Waals surface area contributed by atoms with Crippen LogP contribution in [0.4, 0.5) is 27.5 Å². The van der Waals surface area contributed by atoms with Crippen LogP contribution < -0.4 is 26.6 Å². The van der Waals surface area contributed by atoms with E-state index in [1.54, 1.807) is 27.6 Å². The molecule has 0 spiro atoms. The number of ether oxygens (including phenoxy) is 1. The summed E-state index contributed by atoms with van der Waals surface area (Å²) >= 11 is 3.21. The summed E-state index contributed by atoms with van der Waals surface area (Å²) in [6.45, 7) is 17.1. The van der Waals surface area contributed by atoms with E-state index in [-0.39, 0.29) is 6.09 Å². The number of carbonyl (C=O) groups excluding carboxylic acids is 1. The summed E-state index contributed by atoms with van der Waals surface area (Å²) in [4.78, 5) is 30.2. The van der Waals surface area contributed by atoms with Crippen LogP contribution in [0.15, 0.2) is 81.4 Å². The molecule has 284 valence electrons. The lowest BCUT2D eigenvalue weighted by Gasteiger charge is -2.34. The molecule has 0 unspecified atom stereocenters. The Morgan fingerprint density at radius 2 is 1.36 bits per heavy atom. The third-order valence-electron chi connectivity index (χ3n) is 9.08. The standard InChI is InChI=1S/C23H32N4O2S.C18H24N4S/c1-5-26(22(28)29-23(2,3)4)13-14-27-12-6-8-17-16-18(10-11-19(17)27)25-21(24)20-9-7-15-30-20;1-2-20-9-11-22-10-3-5-14-13-15(7-8-16(14)22)21-18(19)17-6-4-12-23-17/h7,9-11,15-16H,5-6,8,12-14H2,1-4H3,(H2,24,25);4,6-8,12-13,20H,2-3,5,9-11H2,1H3,(H2,19,21). The predicted octanol–water partition coefficient (Wildman–Crippen LogP) is 7.94. The van der Waals surface area contributed by atoms with E-state index in [2.05, 4.69) is 62.4 Å². The molecule has 0 fully saturated rings. The number of thiophene rings is 2. The molecule has 2 aliphatic rings. The van der Waals surface area contributed by atoms with Gasteiger partial charge in [0.25, 0.3) is 0 Å². The van der Waals surface area contributed by atoms with E-state index < -0.39 is 5.60 Å². The van der Waals surface area contributed by atoms with Crippen molar-refractivity contribution in [3.63, 3.8) is 0 Å². The van der Waals surface area contributed by atoms with E-state index in [4.69, 9.17) is 16.2 Å². The zero-order valence-corrected chi connectivity index (χ0v) is 33.6. The van der Waals surface area contributed by atoms with Gasteiger partial charge in [0, 0.05) is 57.2 Å². The third-order valence-corrected chi connectivity index (χ3v) is 10.9. The Morgan fingerprint density at radius 1 is 0.830 bits per heavy atom. The average Bonchev–Trinajstić information content (AvgIpc) is 3.88. The first kappa shape index (κ1) is 39.8. The summed E-state index contributed by atoms with van der Waals surface area (Å²) in [5.41, 5.74) is 18.8. The Bertz CT molecular complexity index is 1820. The Labute approximate surface area is 323 Å². The fraction of sp³-hybridized carbons (Fsp3) is 0.439. The molecule has 53 heavy (non-hydrogen) atoms. The molecule has 0 saturated heterocycles. The van der Waals surface area contributed by atoms with Gasteiger partial charge in [-0.2, -0.15) is 0 Å². The maximum Gasteiger partial charge on any atom is 0.410 e. The van der Waals surface area contributed by atoms with Gasteiger partial charge in [-0.1, -0.05) is 19.1 Å². The van der Waals surface area contributed by atoms with Crippen molar-refractivity contribution in [2.45, 2.75) is 65.9 Å². The van der Waals surface area contributed by atoms with Crippen molar-refractivity contribution in [2.75, 3.05) is 62.2 Å². The summed E-state index contributed by atoms with van der Waals surface area (Å²) in [6, 6.07) is 20.7. The molecular weight excluding hydrogens is 701 g/mol. The number of amidine groups is 2. The number of likely N-dealkylation sites (N-methyl/N-ethyl adjacent to an activating group) is 2. The number of hydrogen-bond donors (Lipinski definition) is 3. The summed E-state index contributed by atoms with van der Waals surface area (Å²) < 4.78 is 5.53. The molecule has 0 aliphatic carbocycles. The molecule has 5 N–H and O–H groups in total. The highest BCUT2D eigenvalue weighted by Gasteiger charge is 2.23. The molecule has 10 nitrogen and oxygen atoms in total. The number of nitrogens with one attached hydrogen (secondary N) is 1. The first-order valence-corrected chi connectivity index (χ1v) is 20.5. The number of hydrogen-bond acceptors (Lipinski definition) is 9. The van der Waals surface area contributed by atoms with Crippen molar-refractivity contribution >= 4 is 63.2 Å². The molecule has 4 heterocycles. The zero-order chi connectivity index (χ0) is 37.8. The quantitative estimate of drug-likeness (QED) is 0.0762. The highest BCUT2D eigenvalue weighted by molar-refractivity contribution is 7.12. The number of benzene rings is 2. The van der Waals surface area contributed by atoms with Crippen LogP contribution in [0.2, 0.25) is 0 Å². The van der Waals surface area contributed by atoms with Gasteiger partial charge in [-0.3, -0.25) is 0 Å². The predicted molar refractivity (Wildman–Crippen MR) is 225 cm³/mol. The molecular formula is C41H56N8O2S2. The van der Waals surface area contributed by atoms with Gasteiger partial charge in [0.15, 0.2) is 0 Å². The molecule has 0 radical (unpaired) electrons. The Kier molecular flexibility index (Phi) is 14.3. The molecule has 2 aromatic heterocycles. The summed E-state index contributed by atoms with van der Waals surface area (Å²) in [6.07, 6.45) is 4.18. The SMILES string of the molecule is CCN(CCN1CCCc2cc(N=C(N)c3cccs3)ccc21)C(=O)OC(C)(C)C.CCNCCN1CCCc2cc(N=C(N)c3cccs3)ccc21. The fourth-order valence-electron chi connectivity index (χ4n) is 6.50. The van der Waals surface area contributed by atoms with E-state index in [9.17, 15) is 4.79 Å². The number of rotatable bonds is 12. The lowest BCUT2D eigenvalue weighted by Crippen LogP contribution is -2.42. The van der Waals surface area contributed by atoms with E-state index >= 15 is 0 Å². The van der Waals surface area contributed by atoms with Crippen molar-refractivity contribution in [3.8, 4) is 0 Å². The van der Waals surface area contributed by atoms with Crippen molar-refractivity contribution in [1.29, 1.82) is 0 Å². The second kappa shape index (κ2) is 19.1. The van der Waals surface area contributed by atoms with Gasteiger partial charge in [-0.15, -0.1) is 22.7 Å². The minimum Gasteiger partial charge on any atom is -0.444 e. The lowest BCUT2D eigenvalue weighted by molar-refractivity contribution is 0.0265. The van der Waals surface area contributed by atoms with Crippen molar-refractivity contribution in [2.24, 2.45) is 21.5 Å². The second-order valence-corrected chi connectivity index (χ2v) is 16.1. The molecule has 2 aromatic carbocycles. The van der Waals surface area contributed by atoms with Crippen molar-refractivity contribution in [3.05, 3.63) is 92.3 Å². The van der Waals surface area contributed by atoms with Crippen molar-refractivity contribution < 1.29 is 9.53 Å². The topological polar surface area (TPSA) is 125 Å². The van der Waals surface area contributed by atoms with Gasteiger partial charge in [0.05, 0.1) is 21.1 Å². The van der Waals surface area contributed by atoms with Gasteiger partial charge >= 0.3 is 6.09 Å². The number of anilines is 2. The van der Waals surface area contributed by atoms with Gasteiger partial charge in [0.2, 0.25) is 0 Å². The first-order chi connectivity index (χ1) is 25.5. The molecule has 4 aromatic rings. The molecule has 0 saturated carbocycles. The Morgan fingerprint density at radius 3 is 1.81 bits per heavy atom. The third kappa shape index (κ3) is 11.5. The number of nitrogens with zero attached hydrogens (tertiary/aromatic N) is 5. The van der Waals surface area contributed by atoms with Crippen LogP contribution >= 0.6 is 22.7 Å². The average molecular weight is 757 g/mol. The first-order valence-electron chi connectivity index (χ1n) is 18.7. The fourth-order valence-corrected chi connectivity index (χ4v) is 7.76. The minimum atomic E-state index is -0.482. The molecule has 1 amide bonds. The van der Waals surface area contributed by atoms with Gasteiger partial charge < -0.3 is 36.2 Å². The molecule has 0 bridgehead atoms. The van der Waals surface area contributed by atoms with Crippen LogP contribution in [0, 0.1) is 0 Å².